The van der Waals surface area contributed by atoms with E-state index in [0.29, 0.717) is 22.1 Å². The van der Waals surface area contributed by atoms with Crippen LogP contribution < -0.4 is 0 Å². The Morgan fingerprint density at radius 2 is 1.92 bits per heavy atom. The summed E-state index contributed by atoms with van der Waals surface area (Å²) < 4.78 is 39.8. The van der Waals surface area contributed by atoms with Gasteiger partial charge >= 0.3 is 12.1 Å². The van der Waals surface area contributed by atoms with Gasteiger partial charge in [-0.05, 0) is 30.3 Å². The van der Waals surface area contributed by atoms with Gasteiger partial charge in [0.25, 0.3) is 0 Å². The zero-order chi connectivity index (χ0) is 18.6. The van der Waals surface area contributed by atoms with E-state index in [1.165, 1.54) is 23.0 Å². The normalized spacial score (nSPS) is 12.2. The molecule has 0 amide bonds. The molecule has 1 N–H and O–H groups in total. The van der Waals surface area contributed by atoms with Crippen molar-refractivity contribution < 1.29 is 23.1 Å². The van der Waals surface area contributed by atoms with Crippen molar-refractivity contribution in [2.45, 2.75) is 6.18 Å². The first-order valence-electron chi connectivity index (χ1n) is 7.38. The Kier molecular flexibility index (Phi) is 3.26. The van der Waals surface area contributed by atoms with Gasteiger partial charge in [-0.1, -0.05) is 0 Å². The van der Waals surface area contributed by atoms with Crippen LogP contribution in [0, 0.1) is 0 Å². The number of nitrogens with zero attached hydrogens (tertiary/aromatic N) is 5. The predicted octanol–water partition coefficient (Wildman–Crippen LogP) is 3.02. The van der Waals surface area contributed by atoms with E-state index in [1.54, 1.807) is 17.7 Å². The molecule has 0 aliphatic carbocycles. The van der Waals surface area contributed by atoms with Gasteiger partial charge in [-0.15, -0.1) is 5.10 Å². The molecule has 26 heavy (non-hydrogen) atoms. The maximum atomic E-state index is 12.8. The number of carboxylic acids is 1. The summed E-state index contributed by atoms with van der Waals surface area (Å²) in [7, 11) is 1.59. The van der Waals surface area contributed by atoms with Crippen molar-refractivity contribution >= 4 is 28.0 Å². The minimum absolute atomic E-state index is 0.0718. The smallest absolute Gasteiger partial charge is 0.417 e. The van der Waals surface area contributed by atoms with Gasteiger partial charge in [0, 0.05) is 18.6 Å². The maximum Gasteiger partial charge on any atom is 0.417 e. The van der Waals surface area contributed by atoms with Gasteiger partial charge < -0.3 is 5.11 Å². The molecule has 7 nitrogen and oxygen atoms in total. The summed E-state index contributed by atoms with van der Waals surface area (Å²) in [5.74, 6) is -0.870. The molecule has 0 radical (unpaired) electrons. The van der Waals surface area contributed by atoms with Crippen molar-refractivity contribution in [2.24, 2.45) is 7.05 Å². The average molecular weight is 361 g/mol. The largest absolute Gasteiger partial charge is 0.478 e. The van der Waals surface area contributed by atoms with Crippen LogP contribution in [-0.4, -0.2) is 35.6 Å². The fourth-order valence-corrected chi connectivity index (χ4v) is 2.81. The zero-order valence-electron chi connectivity index (χ0n) is 13.2. The summed E-state index contributed by atoms with van der Waals surface area (Å²) in [6.45, 7) is 0. The second-order valence-corrected chi connectivity index (χ2v) is 5.64. The SMILES string of the molecule is Cn1nc2c3cc(C(=O)O)ccc3n(-c3ccc(C(F)(F)F)cn3)c2n1. The van der Waals surface area contributed by atoms with Gasteiger partial charge in [0.2, 0.25) is 0 Å². The molecule has 132 valence electrons. The van der Waals surface area contributed by atoms with E-state index >= 15 is 0 Å². The average Bonchev–Trinajstić information content (AvgIpc) is 3.08. The fourth-order valence-electron chi connectivity index (χ4n) is 2.81. The van der Waals surface area contributed by atoms with Gasteiger partial charge in [0.05, 0.1) is 16.6 Å². The van der Waals surface area contributed by atoms with Crippen LogP contribution in [-0.2, 0) is 13.2 Å². The topological polar surface area (TPSA) is 85.8 Å². The minimum atomic E-state index is -4.48. The van der Waals surface area contributed by atoms with Gasteiger partial charge in [0.1, 0.15) is 11.3 Å². The Morgan fingerprint density at radius 1 is 1.15 bits per heavy atom. The van der Waals surface area contributed by atoms with Crippen molar-refractivity contribution in [1.29, 1.82) is 0 Å². The third kappa shape index (κ3) is 2.38. The van der Waals surface area contributed by atoms with Gasteiger partial charge in [-0.25, -0.2) is 9.78 Å². The molecule has 10 heteroatoms. The van der Waals surface area contributed by atoms with Gasteiger partial charge in [-0.3, -0.25) is 4.57 Å². The number of hydrogen-bond acceptors (Lipinski definition) is 4. The third-order valence-corrected chi connectivity index (χ3v) is 3.95. The van der Waals surface area contributed by atoms with E-state index in [-0.39, 0.29) is 11.4 Å². The molecule has 0 aliphatic rings. The maximum absolute atomic E-state index is 12.8. The molecule has 4 aromatic rings. The van der Waals surface area contributed by atoms with Crippen molar-refractivity contribution in [3.05, 3.63) is 47.7 Å². The van der Waals surface area contributed by atoms with E-state index in [4.69, 9.17) is 0 Å². The lowest BCUT2D eigenvalue weighted by molar-refractivity contribution is -0.137. The fraction of sp³-hybridized carbons (Fsp3) is 0.125. The first-order chi connectivity index (χ1) is 12.3. The number of carbonyl (C=O) groups is 1. The van der Waals surface area contributed by atoms with E-state index in [1.807, 2.05) is 0 Å². The highest BCUT2D eigenvalue weighted by atomic mass is 19.4. The Hall–Kier alpha value is -3.43. The number of pyridine rings is 1. The highest BCUT2D eigenvalue weighted by Gasteiger charge is 2.31. The minimum Gasteiger partial charge on any atom is -0.478 e. The highest BCUT2D eigenvalue weighted by molar-refractivity contribution is 6.07. The van der Waals surface area contributed by atoms with Crippen molar-refractivity contribution in [3.63, 3.8) is 0 Å². The molecule has 0 bridgehead atoms. The summed E-state index contributed by atoms with van der Waals surface area (Å²) >= 11 is 0. The lowest BCUT2D eigenvalue weighted by atomic mass is 10.1. The van der Waals surface area contributed by atoms with Crippen molar-refractivity contribution in [3.8, 4) is 5.82 Å². The first-order valence-corrected chi connectivity index (χ1v) is 7.38. The number of aryl methyl sites for hydroxylation is 1. The molecule has 3 aromatic heterocycles. The number of benzene rings is 1. The Morgan fingerprint density at radius 3 is 2.54 bits per heavy atom. The lowest BCUT2D eigenvalue weighted by Crippen LogP contribution is -2.07. The van der Waals surface area contributed by atoms with Crippen molar-refractivity contribution in [1.82, 2.24) is 24.5 Å². The molecular weight excluding hydrogens is 351 g/mol. The van der Waals surface area contributed by atoms with E-state index in [2.05, 4.69) is 15.2 Å². The molecule has 0 saturated carbocycles. The number of aromatic nitrogens is 5. The van der Waals surface area contributed by atoms with E-state index in [9.17, 15) is 23.1 Å². The van der Waals surface area contributed by atoms with Crippen LogP contribution in [0.2, 0.25) is 0 Å². The summed E-state index contributed by atoms with van der Waals surface area (Å²) in [5, 5.41) is 18.2. The predicted molar refractivity (Wildman–Crippen MR) is 85.1 cm³/mol. The lowest BCUT2D eigenvalue weighted by Gasteiger charge is -2.09. The Bertz CT molecular complexity index is 1160. The first kappa shape index (κ1) is 16.1. The number of rotatable bonds is 2. The van der Waals surface area contributed by atoms with Crippen LogP contribution in [0.15, 0.2) is 36.5 Å². The van der Waals surface area contributed by atoms with E-state index in [0.717, 1.165) is 12.3 Å². The Labute approximate surface area is 143 Å². The van der Waals surface area contributed by atoms with Crippen LogP contribution in [0.25, 0.3) is 27.9 Å². The molecule has 0 spiro atoms. The second kappa shape index (κ2) is 5.28. The number of carboxylic acid groups (broad SMARTS) is 1. The quantitative estimate of drug-likeness (QED) is 0.593. The monoisotopic (exact) mass is 361 g/mol. The number of fused-ring (bicyclic) bond motifs is 3. The molecule has 3 heterocycles. The number of halogens is 3. The van der Waals surface area contributed by atoms with Gasteiger partial charge in [-0.2, -0.15) is 23.1 Å². The van der Waals surface area contributed by atoms with Crippen molar-refractivity contribution in [2.75, 3.05) is 0 Å². The number of hydrogen-bond donors (Lipinski definition) is 1. The zero-order valence-corrected chi connectivity index (χ0v) is 13.2. The second-order valence-electron chi connectivity index (χ2n) is 5.64. The molecule has 0 aliphatic heterocycles. The molecule has 0 unspecified atom stereocenters. The molecule has 0 atom stereocenters. The molecule has 0 saturated heterocycles. The Balaban J connectivity index is 2.00. The van der Waals surface area contributed by atoms with Crippen LogP contribution >= 0.6 is 0 Å². The van der Waals surface area contributed by atoms with Crippen LogP contribution in [0.4, 0.5) is 13.2 Å². The molecular formula is C16H10F3N5O2. The molecule has 4 rings (SSSR count). The molecule has 1 aromatic carbocycles. The van der Waals surface area contributed by atoms with Crippen LogP contribution in [0.5, 0.6) is 0 Å². The summed E-state index contributed by atoms with van der Waals surface area (Å²) in [4.78, 5) is 16.4. The third-order valence-electron chi connectivity index (χ3n) is 3.95. The van der Waals surface area contributed by atoms with Crippen LogP contribution in [0.3, 0.4) is 0 Å². The molecule has 0 fully saturated rings. The highest BCUT2D eigenvalue weighted by Crippen LogP contribution is 2.32. The van der Waals surface area contributed by atoms with Crippen LogP contribution in [0.1, 0.15) is 15.9 Å². The number of alkyl halides is 3. The number of aromatic carboxylic acids is 1. The summed E-state index contributed by atoms with van der Waals surface area (Å²) in [6, 6.07) is 6.59. The standard InChI is InChI=1S/C16H10F3N5O2/c1-23-21-13-10-6-8(15(25)26)2-4-11(10)24(14(13)22-23)12-5-3-9(7-20-12)16(17,18)19/h2-7H,1H3,(H,25,26). The van der Waals surface area contributed by atoms with Gasteiger partial charge in [0.15, 0.2) is 5.65 Å². The summed E-state index contributed by atoms with van der Waals surface area (Å²) in [6.07, 6.45) is -3.74. The summed E-state index contributed by atoms with van der Waals surface area (Å²) in [5.41, 5.74) is 0.571. The van der Waals surface area contributed by atoms with E-state index < -0.39 is 17.7 Å².